The van der Waals surface area contributed by atoms with Gasteiger partial charge in [0.2, 0.25) is 0 Å². The Bertz CT molecular complexity index is 569. The molecule has 0 atom stereocenters. The van der Waals surface area contributed by atoms with Gasteiger partial charge in [-0.1, -0.05) is 17.7 Å². The van der Waals surface area contributed by atoms with Gasteiger partial charge < -0.3 is 4.98 Å². The van der Waals surface area contributed by atoms with Gasteiger partial charge in [-0.2, -0.15) is 0 Å². The van der Waals surface area contributed by atoms with Crippen molar-refractivity contribution in [3.05, 3.63) is 52.6 Å². The molecule has 0 radical (unpaired) electrons. The van der Waals surface area contributed by atoms with E-state index in [-0.39, 0.29) is 5.56 Å². The predicted octanol–water partition coefficient (Wildman–Crippen LogP) is 1.96. The minimum absolute atomic E-state index is 0.0828. The van der Waals surface area contributed by atoms with Crippen molar-refractivity contribution in [3.63, 3.8) is 0 Å². The van der Waals surface area contributed by atoms with Crippen molar-refractivity contribution in [1.29, 1.82) is 0 Å². The molecule has 76 valence electrons. The van der Waals surface area contributed by atoms with E-state index in [4.69, 9.17) is 0 Å². The van der Waals surface area contributed by atoms with Crippen LogP contribution in [0.5, 0.6) is 0 Å². The van der Waals surface area contributed by atoms with Gasteiger partial charge in [-0.15, -0.1) is 6.58 Å². The van der Waals surface area contributed by atoms with Gasteiger partial charge in [0, 0.05) is 6.42 Å². The molecule has 2 aromatic rings. The van der Waals surface area contributed by atoms with E-state index in [0.29, 0.717) is 17.6 Å². The molecule has 0 saturated heterocycles. The predicted molar refractivity (Wildman–Crippen MR) is 61.0 cm³/mol. The maximum absolute atomic E-state index is 11.7. The van der Waals surface area contributed by atoms with Crippen molar-refractivity contribution in [2.24, 2.45) is 0 Å². The highest BCUT2D eigenvalue weighted by atomic mass is 16.1. The number of aryl methyl sites for hydroxylation is 1. The third kappa shape index (κ3) is 1.81. The minimum atomic E-state index is -0.0828. The number of rotatable bonds is 2. The zero-order valence-corrected chi connectivity index (χ0v) is 8.58. The molecule has 1 aromatic carbocycles. The molecule has 0 aliphatic carbocycles. The normalized spacial score (nSPS) is 10.5. The molecule has 0 spiro atoms. The van der Waals surface area contributed by atoms with Crippen LogP contribution in [0.2, 0.25) is 0 Å². The lowest BCUT2D eigenvalue weighted by Gasteiger charge is -2.01. The first-order valence-electron chi connectivity index (χ1n) is 4.81. The van der Waals surface area contributed by atoms with Gasteiger partial charge >= 0.3 is 0 Å². The van der Waals surface area contributed by atoms with Gasteiger partial charge in [-0.25, -0.2) is 4.98 Å². The molecule has 1 heterocycles. The van der Waals surface area contributed by atoms with Crippen LogP contribution in [0.4, 0.5) is 0 Å². The highest BCUT2D eigenvalue weighted by molar-refractivity contribution is 5.78. The summed E-state index contributed by atoms with van der Waals surface area (Å²) in [6.45, 7) is 5.57. The summed E-state index contributed by atoms with van der Waals surface area (Å²) in [5.41, 5.74) is 1.72. The summed E-state index contributed by atoms with van der Waals surface area (Å²) in [6, 6.07) is 5.66. The summed E-state index contributed by atoms with van der Waals surface area (Å²) in [6.07, 6.45) is 2.30. The number of benzene rings is 1. The highest BCUT2D eigenvalue weighted by Gasteiger charge is 2.02. The smallest absolute Gasteiger partial charge is 0.258 e. The lowest BCUT2D eigenvalue weighted by molar-refractivity contribution is 0.995. The monoisotopic (exact) mass is 200 g/mol. The van der Waals surface area contributed by atoms with E-state index in [0.717, 1.165) is 11.1 Å². The van der Waals surface area contributed by atoms with E-state index in [9.17, 15) is 4.79 Å². The van der Waals surface area contributed by atoms with Gasteiger partial charge in [0.05, 0.1) is 10.9 Å². The second kappa shape index (κ2) is 3.69. The number of nitrogens with zero attached hydrogens (tertiary/aromatic N) is 1. The number of hydrogen-bond acceptors (Lipinski definition) is 2. The van der Waals surface area contributed by atoms with Crippen molar-refractivity contribution in [1.82, 2.24) is 9.97 Å². The molecular formula is C12H12N2O. The summed E-state index contributed by atoms with van der Waals surface area (Å²) >= 11 is 0. The standard InChI is InChI=1S/C12H12N2O/c1-3-4-11-13-10-6-5-8(2)7-9(10)12(15)14-11/h3,5-7H,1,4H2,2H3,(H,13,14,15). The Kier molecular flexibility index (Phi) is 2.37. The fraction of sp³-hybridized carbons (Fsp3) is 0.167. The average Bonchev–Trinajstić information content (AvgIpc) is 2.20. The fourth-order valence-corrected chi connectivity index (χ4v) is 1.53. The summed E-state index contributed by atoms with van der Waals surface area (Å²) < 4.78 is 0. The first kappa shape index (κ1) is 9.65. The largest absolute Gasteiger partial charge is 0.310 e. The van der Waals surface area contributed by atoms with Crippen LogP contribution in [0.1, 0.15) is 11.4 Å². The Morgan fingerprint density at radius 1 is 1.53 bits per heavy atom. The summed E-state index contributed by atoms with van der Waals surface area (Å²) in [7, 11) is 0. The van der Waals surface area contributed by atoms with E-state index in [1.807, 2.05) is 25.1 Å². The first-order chi connectivity index (χ1) is 7.20. The molecule has 0 aliphatic rings. The van der Waals surface area contributed by atoms with Gasteiger partial charge in [-0.05, 0) is 19.1 Å². The van der Waals surface area contributed by atoms with Crippen molar-refractivity contribution >= 4 is 10.9 Å². The number of hydrogen-bond donors (Lipinski definition) is 1. The molecule has 3 heteroatoms. The average molecular weight is 200 g/mol. The van der Waals surface area contributed by atoms with Crippen LogP contribution in [0, 0.1) is 6.92 Å². The molecule has 0 amide bonds. The van der Waals surface area contributed by atoms with Crippen LogP contribution < -0.4 is 5.56 Å². The third-order valence-corrected chi connectivity index (χ3v) is 2.25. The molecular weight excluding hydrogens is 188 g/mol. The third-order valence-electron chi connectivity index (χ3n) is 2.25. The lowest BCUT2D eigenvalue weighted by atomic mass is 10.1. The Morgan fingerprint density at radius 2 is 2.33 bits per heavy atom. The molecule has 3 nitrogen and oxygen atoms in total. The van der Waals surface area contributed by atoms with E-state index < -0.39 is 0 Å². The quantitative estimate of drug-likeness (QED) is 0.753. The second-order valence-electron chi connectivity index (χ2n) is 3.53. The zero-order chi connectivity index (χ0) is 10.8. The number of fused-ring (bicyclic) bond motifs is 1. The van der Waals surface area contributed by atoms with Gasteiger partial charge in [0.15, 0.2) is 0 Å². The summed E-state index contributed by atoms with van der Waals surface area (Å²) in [5.74, 6) is 0.659. The topological polar surface area (TPSA) is 45.8 Å². The molecule has 0 saturated carbocycles. The molecule has 0 bridgehead atoms. The van der Waals surface area contributed by atoms with E-state index >= 15 is 0 Å². The summed E-state index contributed by atoms with van der Waals surface area (Å²) in [4.78, 5) is 18.8. The SMILES string of the molecule is C=CCc1nc2ccc(C)cc2c(=O)[nH]1. The van der Waals surface area contributed by atoms with Crippen molar-refractivity contribution in [3.8, 4) is 0 Å². The highest BCUT2D eigenvalue weighted by Crippen LogP contribution is 2.09. The van der Waals surface area contributed by atoms with Gasteiger partial charge in [-0.3, -0.25) is 4.79 Å². The van der Waals surface area contributed by atoms with Gasteiger partial charge in [0.1, 0.15) is 5.82 Å². The molecule has 0 unspecified atom stereocenters. The van der Waals surface area contributed by atoms with Crippen LogP contribution >= 0.6 is 0 Å². The maximum Gasteiger partial charge on any atom is 0.258 e. The molecule has 1 aromatic heterocycles. The lowest BCUT2D eigenvalue weighted by Crippen LogP contribution is -2.11. The Labute approximate surface area is 87.5 Å². The van der Waals surface area contributed by atoms with Crippen LogP contribution in [0.25, 0.3) is 10.9 Å². The van der Waals surface area contributed by atoms with Gasteiger partial charge in [0.25, 0.3) is 5.56 Å². The number of allylic oxidation sites excluding steroid dienone is 1. The number of H-pyrrole nitrogens is 1. The van der Waals surface area contributed by atoms with Crippen molar-refractivity contribution in [2.45, 2.75) is 13.3 Å². The summed E-state index contributed by atoms with van der Waals surface area (Å²) in [5, 5.41) is 0.641. The Hall–Kier alpha value is -1.90. The Balaban J connectivity index is 2.72. The second-order valence-corrected chi connectivity index (χ2v) is 3.53. The minimum Gasteiger partial charge on any atom is -0.310 e. The number of aromatic nitrogens is 2. The number of nitrogens with one attached hydrogen (secondary N) is 1. The zero-order valence-electron chi connectivity index (χ0n) is 8.58. The van der Waals surface area contributed by atoms with Crippen LogP contribution in [0.3, 0.4) is 0 Å². The van der Waals surface area contributed by atoms with Crippen LogP contribution in [-0.4, -0.2) is 9.97 Å². The maximum atomic E-state index is 11.7. The fourth-order valence-electron chi connectivity index (χ4n) is 1.53. The molecule has 0 aliphatic heterocycles. The van der Waals surface area contributed by atoms with E-state index in [1.165, 1.54) is 0 Å². The van der Waals surface area contributed by atoms with E-state index in [2.05, 4.69) is 16.5 Å². The first-order valence-corrected chi connectivity index (χ1v) is 4.81. The molecule has 2 rings (SSSR count). The van der Waals surface area contributed by atoms with Crippen molar-refractivity contribution < 1.29 is 0 Å². The number of aromatic amines is 1. The molecule has 1 N–H and O–H groups in total. The molecule has 0 fully saturated rings. The van der Waals surface area contributed by atoms with Crippen LogP contribution in [-0.2, 0) is 6.42 Å². The molecule has 15 heavy (non-hydrogen) atoms. The van der Waals surface area contributed by atoms with Crippen LogP contribution in [0.15, 0.2) is 35.6 Å². The van der Waals surface area contributed by atoms with Crippen molar-refractivity contribution in [2.75, 3.05) is 0 Å². The Morgan fingerprint density at radius 3 is 3.07 bits per heavy atom. The van der Waals surface area contributed by atoms with E-state index in [1.54, 1.807) is 6.08 Å².